The molecular weight excluding hydrogens is 565 g/mol. The van der Waals surface area contributed by atoms with Crippen molar-refractivity contribution in [2.45, 2.75) is 68.5 Å². The zero-order chi connectivity index (χ0) is 33.0. The van der Waals surface area contributed by atoms with E-state index < -0.39 is 40.0 Å². The normalized spacial score (nSPS) is 18.7. The van der Waals surface area contributed by atoms with E-state index in [9.17, 15) is 24.6 Å². The van der Waals surface area contributed by atoms with E-state index in [2.05, 4.69) is 5.32 Å². The number of hydrogen-bond donors (Lipinski definition) is 3. The SMILES string of the molecule is [B]C([B])(Oc1cccc(C)c1C(O)(O)N(C=O)C(CCC=O)C(=O)NC)c1ccc(C([B])([B])N2CC(C)OC(C)C2)cc1F. The number of benzene rings is 2. The highest BCUT2D eigenvalue weighted by Gasteiger charge is 2.44. The molecule has 1 aliphatic heterocycles. The number of aldehydes is 1. The van der Waals surface area contributed by atoms with Crippen LogP contribution in [0.25, 0.3) is 0 Å². The summed E-state index contributed by atoms with van der Waals surface area (Å²) in [6.07, 6.45) is -0.0902. The highest BCUT2D eigenvalue weighted by molar-refractivity contribution is 6.40. The zero-order valence-electron chi connectivity index (χ0n) is 25.2. The molecule has 10 nitrogen and oxygen atoms in total. The van der Waals surface area contributed by atoms with Crippen molar-refractivity contribution in [2.75, 3.05) is 20.1 Å². The molecular formula is C29H34B4FN3O7. The Kier molecular flexibility index (Phi) is 11.2. The lowest BCUT2D eigenvalue weighted by atomic mass is 9.55. The van der Waals surface area contributed by atoms with Crippen LogP contribution < -0.4 is 10.1 Å². The molecule has 0 saturated carbocycles. The number of hydrogen-bond acceptors (Lipinski definition) is 8. The third-order valence-corrected chi connectivity index (χ3v) is 7.56. The van der Waals surface area contributed by atoms with Crippen molar-refractivity contribution in [1.82, 2.24) is 15.1 Å². The molecule has 44 heavy (non-hydrogen) atoms. The number of nitrogens with one attached hydrogen (secondary N) is 1. The highest BCUT2D eigenvalue weighted by atomic mass is 19.1. The monoisotopic (exact) mass is 599 g/mol. The summed E-state index contributed by atoms with van der Waals surface area (Å²) in [5.74, 6) is -5.15. The predicted molar refractivity (Wildman–Crippen MR) is 163 cm³/mol. The summed E-state index contributed by atoms with van der Waals surface area (Å²) in [6, 6.07) is 6.58. The third kappa shape index (κ3) is 7.39. The minimum Gasteiger partial charge on any atom is -0.502 e. The first-order valence-corrected chi connectivity index (χ1v) is 14.0. The van der Waals surface area contributed by atoms with Crippen molar-refractivity contribution in [3.05, 3.63) is 64.5 Å². The van der Waals surface area contributed by atoms with Crippen LogP contribution in [-0.2, 0) is 35.8 Å². The second-order valence-corrected chi connectivity index (χ2v) is 11.0. The predicted octanol–water partition coefficient (Wildman–Crippen LogP) is -0.136. The molecule has 0 spiro atoms. The first-order chi connectivity index (χ1) is 20.5. The largest absolute Gasteiger partial charge is 0.502 e. The smallest absolute Gasteiger partial charge is 0.281 e. The minimum atomic E-state index is -3.16. The van der Waals surface area contributed by atoms with E-state index in [1.807, 2.05) is 13.8 Å². The second kappa shape index (κ2) is 13.9. The van der Waals surface area contributed by atoms with Crippen LogP contribution in [0.4, 0.5) is 4.39 Å². The van der Waals surface area contributed by atoms with Gasteiger partial charge in [-0.15, -0.1) is 0 Å². The van der Waals surface area contributed by atoms with E-state index in [1.165, 1.54) is 44.3 Å². The van der Waals surface area contributed by atoms with Gasteiger partial charge >= 0.3 is 0 Å². The van der Waals surface area contributed by atoms with Crippen molar-refractivity contribution in [2.24, 2.45) is 0 Å². The summed E-state index contributed by atoms with van der Waals surface area (Å²) in [5.41, 5.74) is -0.296. The molecule has 2 aromatic rings. The molecule has 3 N–H and O–H groups in total. The standard InChI is InChI=1S/C29H34B4FN3O7/c1-17-7-5-9-24(25(17)29(41,42)37(16-39)23(8-6-12-38)26(40)35-4)44-28(32,33)21-11-10-20(13-22(21)34)27(30,31)36-14-18(2)43-19(3)15-36/h5,7,9-13,16,18-19,23,41-42H,6,8,14-15H2,1-4H3,(H,35,40). The van der Waals surface area contributed by atoms with E-state index in [-0.39, 0.29) is 53.9 Å². The number of aryl methyl sites for hydroxylation is 1. The first-order valence-electron chi connectivity index (χ1n) is 14.0. The molecule has 3 rings (SSSR count). The maximum Gasteiger partial charge on any atom is 0.281 e. The fourth-order valence-corrected chi connectivity index (χ4v) is 5.42. The molecule has 1 aliphatic rings. The van der Waals surface area contributed by atoms with Gasteiger partial charge in [0.25, 0.3) is 5.91 Å². The van der Waals surface area contributed by atoms with E-state index in [1.54, 1.807) is 4.90 Å². The summed E-state index contributed by atoms with van der Waals surface area (Å²) >= 11 is 0. The van der Waals surface area contributed by atoms with Gasteiger partial charge in [0.2, 0.25) is 12.3 Å². The number of aliphatic hydroxyl groups is 2. The number of carbonyl (C=O) groups excluding carboxylic acids is 3. The van der Waals surface area contributed by atoms with Gasteiger partial charge in [-0.25, -0.2) is 4.39 Å². The number of rotatable bonds is 13. The van der Waals surface area contributed by atoms with Crippen LogP contribution in [0.3, 0.4) is 0 Å². The van der Waals surface area contributed by atoms with Crippen molar-refractivity contribution in [3.8, 4) is 5.75 Å². The third-order valence-electron chi connectivity index (χ3n) is 7.56. The van der Waals surface area contributed by atoms with Gasteiger partial charge in [0, 0.05) is 32.1 Å². The molecule has 1 saturated heterocycles. The Morgan fingerprint density at radius 1 is 1.18 bits per heavy atom. The Labute approximate surface area is 262 Å². The first kappa shape index (κ1) is 35.4. The van der Waals surface area contributed by atoms with Crippen LogP contribution in [0, 0.1) is 12.7 Å². The van der Waals surface area contributed by atoms with E-state index in [0.717, 1.165) is 6.07 Å². The number of carbonyl (C=O) groups is 3. The molecule has 1 fully saturated rings. The Balaban J connectivity index is 1.99. The van der Waals surface area contributed by atoms with Gasteiger partial charge in [-0.3, -0.25) is 14.5 Å². The van der Waals surface area contributed by atoms with E-state index >= 15 is 4.39 Å². The summed E-state index contributed by atoms with van der Waals surface area (Å²) in [6.45, 7) is 6.06. The second-order valence-electron chi connectivity index (χ2n) is 11.0. The summed E-state index contributed by atoms with van der Waals surface area (Å²) in [7, 11) is 26.7. The van der Waals surface area contributed by atoms with Crippen molar-refractivity contribution in [3.63, 3.8) is 0 Å². The Bertz CT molecular complexity index is 1350. The summed E-state index contributed by atoms with van der Waals surface area (Å²) in [4.78, 5) is 37.9. The van der Waals surface area contributed by atoms with Crippen molar-refractivity contribution >= 4 is 50.0 Å². The van der Waals surface area contributed by atoms with Crippen molar-refractivity contribution < 1.29 is 38.5 Å². The van der Waals surface area contributed by atoms with E-state index in [4.69, 9.17) is 40.9 Å². The fraction of sp³-hybridized carbons (Fsp3) is 0.483. The van der Waals surface area contributed by atoms with Gasteiger partial charge in [-0.05, 0) is 55.8 Å². The number of likely N-dealkylation sites (N-methyl/N-ethyl adjacent to an activating group) is 1. The topological polar surface area (TPSA) is 129 Å². The molecule has 226 valence electrons. The zero-order valence-corrected chi connectivity index (χ0v) is 25.2. The highest BCUT2D eigenvalue weighted by Crippen LogP contribution is 2.38. The van der Waals surface area contributed by atoms with Crippen LogP contribution in [0.2, 0.25) is 0 Å². The maximum atomic E-state index is 15.6. The molecule has 8 radical (unpaired) electrons. The van der Waals surface area contributed by atoms with Crippen LogP contribution in [0.1, 0.15) is 48.9 Å². The molecule has 0 aliphatic carbocycles. The molecule has 0 bridgehead atoms. The van der Waals surface area contributed by atoms with Crippen LogP contribution in [-0.4, -0.2) is 108 Å². The van der Waals surface area contributed by atoms with Crippen LogP contribution in [0.15, 0.2) is 36.4 Å². The Morgan fingerprint density at radius 2 is 1.82 bits per heavy atom. The molecule has 0 aromatic heterocycles. The van der Waals surface area contributed by atoms with Crippen molar-refractivity contribution in [1.29, 1.82) is 0 Å². The van der Waals surface area contributed by atoms with E-state index in [0.29, 0.717) is 24.3 Å². The van der Waals surface area contributed by atoms with Gasteiger partial charge in [0.15, 0.2) is 0 Å². The average molecular weight is 599 g/mol. The number of halogens is 1. The number of morpholine rings is 1. The lowest BCUT2D eigenvalue weighted by Gasteiger charge is -2.46. The number of amides is 2. The fourth-order valence-electron chi connectivity index (χ4n) is 5.42. The van der Waals surface area contributed by atoms with Gasteiger partial charge in [0.1, 0.15) is 39.6 Å². The molecule has 1 heterocycles. The number of nitrogens with zero attached hydrogens (tertiary/aromatic N) is 2. The Hall–Kier alpha value is -3.12. The van der Waals surface area contributed by atoms with Crippen LogP contribution in [0.5, 0.6) is 5.75 Å². The lowest BCUT2D eigenvalue weighted by molar-refractivity contribution is -0.271. The summed E-state index contributed by atoms with van der Waals surface area (Å²) in [5, 5.41) is 21.1. The quantitative estimate of drug-likeness (QED) is 0.165. The van der Waals surface area contributed by atoms with Gasteiger partial charge in [0.05, 0.1) is 38.9 Å². The maximum absolute atomic E-state index is 15.6. The average Bonchev–Trinajstić information content (AvgIpc) is 2.93. The molecule has 2 aromatic carbocycles. The lowest BCUT2D eigenvalue weighted by Crippen LogP contribution is -2.56. The molecule has 3 unspecified atom stereocenters. The minimum absolute atomic E-state index is 0.0549. The summed E-state index contributed by atoms with van der Waals surface area (Å²) < 4.78 is 27.1. The molecule has 15 heteroatoms. The molecule has 2 amide bonds. The molecule has 3 atom stereocenters. The van der Waals surface area contributed by atoms with Gasteiger partial charge in [-0.2, -0.15) is 0 Å². The number of ether oxygens (including phenoxy) is 2. The van der Waals surface area contributed by atoms with Crippen LogP contribution >= 0.6 is 0 Å². The van der Waals surface area contributed by atoms with Gasteiger partial charge in [-0.1, -0.05) is 24.3 Å². The Morgan fingerprint density at radius 3 is 2.36 bits per heavy atom. The van der Waals surface area contributed by atoms with Gasteiger partial charge < -0.3 is 34.7 Å².